The molecule has 0 radical (unpaired) electrons. The van der Waals surface area contributed by atoms with E-state index in [-0.39, 0.29) is 11.3 Å². The third kappa shape index (κ3) is 3.54. The van der Waals surface area contributed by atoms with Crippen molar-refractivity contribution < 1.29 is 5.11 Å². The summed E-state index contributed by atoms with van der Waals surface area (Å²) in [4.78, 5) is 0. The van der Waals surface area contributed by atoms with Crippen LogP contribution in [0.3, 0.4) is 0 Å². The maximum atomic E-state index is 10.4. The molecule has 0 saturated heterocycles. The fourth-order valence-electron chi connectivity index (χ4n) is 2.18. The Labute approximate surface area is 150 Å². The summed E-state index contributed by atoms with van der Waals surface area (Å²) in [6, 6.07) is 7.84. The Hall–Kier alpha value is -0.330. The zero-order chi connectivity index (χ0) is 16.0. The largest absolute Gasteiger partial charge is 0.504 e. The molecule has 0 fully saturated rings. The summed E-state index contributed by atoms with van der Waals surface area (Å²) in [7, 11) is 0. The second-order valence-electron chi connectivity index (χ2n) is 5.94. The van der Waals surface area contributed by atoms with Crippen LogP contribution in [-0.4, -0.2) is 14.9 Å². The van der Waals surface area contributed by atoms with E-state index in [0.29, 0.717) is 5.69 Å². The van der Waals surface area contributed by atoms with Gasteiger partial charge in [-0.2, -0.15) is 5.10 Å². The number of hydrogen-bond donors (Lipinski definition) is 1. The molecular formula is C15H17Br3N2O. The summed E-state index contributed by atoms with van der Waals surface area (Å²) >= 11 is 10.5. The monoisotopic (exact) mass is 478 g/mol. The molecule has 21 heavy (non-hydrogen) atoms. The average molecular weight is 481 g/mol. The van der Waals surface area contributed by atoms with Gasteiger partial charge in [-0.25, -0.2) is 0 Å². The third-order valence-electron chi connectivity index (χ3n) is 3.18. The Balaban J connectivity index is 2.58. The smallest absolute Gasteiger partial charge is 0.164 e. The quantitative estimate of drug-likeness (QED) is 0.538. The van der Waals surface area contributed by atoms with Crippen LogP contribution in [0, 0.1) is 6.92 Å². The van der Waals surface area contributed by atoms with Gasteiger partial charge in [-0.15, -0.1) is 0 Å². The van der Waals surface area contributed by atoms with Crippen molar-refractivity contribution in [1.82, 2.24) is 9.78 Å². The number of nitrogens with zero attached hydrogens (tertiary/aromatic N) is 2. The topological polar surface area (TPSA) is 38.1 Å². The summed E-state index contributed by atoms with van der Waals surface area (Å²) in [5.41, 5.74) is 3.05. The number of rotatable bonds is 1. The van der Waals surface area contributed by atoms with Gasteiger partial charge in [0, 0.05) is 5.56 Å². The van der Waals surface area contributed by atoms with Crippen molar-refractivity contribution in [3.63, 3.8) is 0 Å². The average Bonchev–Trinajstić information content (AvgIpc) is 2.65. The molecule has 0 atom stereocenters. The van der Waals surface area contributed by atoms with Gasteiger partial charge >= 0.3 is 0 Å². The predicted molar refractivity (Wildman–Crippen MR) is 97.5 cm³/mol. The summed E-state index contributed by atoms with van der Waals surface area (Å²) in [5.74, 6) is 0.228. The molecule has 0 saturated carbocycles. The molecule has 0 amide bonds. The summed E-state index contributed by atoms with van der Waals surface area (Å²) in [6.07, 6.45) is 0. The van der Waals surface area contributed by atoms with E-state index in [1.165, 1.54) is 0 Å². The molecule has 1 heterocycles. The number of alkyl halides is 3. The van der Waals surface area contributed by atoms with Gasteiger partial charge in [-0.3, -0.25) is 4.68 Å². The van der Waals surface area contributed by atoms with Crippen molar-refractivity contribution in [2.75, 3.05) is 0 Å². The molecule has 1 aromatic heterocycles. The van der Waals surface area contributed by atoms with Crippen LogP contribution in [0.15, 0.2) is 24.3 Å². The van der Waals surface area contributed by atoms with Gasteiger partial charge in [0.25, 0.3) is 0 Å². The van der Waals surface area contributed by atoms with Crippen LogP contribution < -0.4 is 0 Å². The zero-order valence-electron chi connectivity index (χ0n) is 12.3. The van der Waals surface area contributed by atoms with Crippen molar-refractivity contribution in [1.29, 1.82) is 0 Å². The molecule has 0 aliphatic carbocycles. The van der Waals surface area contributed by atoms with Gasteiger partial charge in [-0.1, -0.05) is 66.0 Å². The number of benzene rings is 1. The normalized spacial score (nSPS) is 12.7. The van der Waals surface area contributed by atoms with Gasteiger partial charge < -0.3 is 5.11 Å². The van der Waals surface area contributed by atoms with E-state index in [1.807, 2.05) is 35.9 Å². The molecule has 1 aromatic carbocycles. The van der Waals surface area contributed by atoms with Crippen molar-refractivity contribution in [3.8, 4) is 17.0 Å². The van der Waals surface area contributed by atoms with Gasteiger partial charge in [0.2, 0.25) is 0 Å². The van der Waals surface area contributed by atoms with E-state index >= 15 is 0 Å². The lowest BCUT2D eigenvalue weighted by Crippen LogP contribution is -2.24. The molecular weight excluding hydrogens is 464 g/mol. The first-order chi connectivity index (χ1) is 9.51. The van der Waals surface area contributed by atoms with Gasteiger partial charge in [0.15, 0.2) is 7.89 Å². The molecule has 0 aliphatic heterocycles. The van der Waals surface area contributed by atoms with Gasteiger partial charge in [0.05, 0.1) is 11.2 Å². The fourth-order valence-corrected chi connectivity index (χ4v) is 2.92. The highest BCUT2D eigenvalue weighted by Crippen LogP contribution is 2.45. The Morgan fingerprint density at radius 2 is 1.76 bits per heavy atom. The van der Waals surface area contributed by atoms with Crippen LogP contribution in [0.25, 0.3) is 11.3 Å². The SMILES string of the molecule is Cc1c(O)c(-c2cccc(C(Br)(Br)Br)c2)nn1C(C)(C)C. The van der Waals surface area contributed by atoms with E-state index in [4.69, 9.17) is 0 Å². The minimum atomic E-state index is -0.486. The predicted octanol–water partition coefficient (Wildman–Crippen LogP) is 5.61. The van der Waals surface area contributed by atoms with Crippen molar-refractivity contribution in [2.24, 2.45) is 0 Å². The Bertz CT molecular complexity index is 667. The Morgan fingerprint density at radius 1 is 1.14 bits per heavy atom. The zero-order valence-corrected chi connectivity index (χ0v) is 17.0. The van der Waals surface area contributed by atoms with Crippen molar-refractivity contribution >= 4 is 47.8 Å². The van der Waals surface area contributed by atoms with Gasteiger partial charge in [-0.05, 0) is 39.3 Å². The van der Waals surface area contributed by atoms with Gasteiger partial charge in [0.1, 0.15) is 5.69 Å². The first-order valence-corrected chi connectivity index (χ1v) is 8.86. The summed E-state index contributed by atoms with van der Waals surface area (Å²) in [6.45, 7) is 8.07. The van der Waals surface area contributed by atoms with Crippen LogP contribution in [-0.2, 0) is 7.68 Å². The number of aromatic nitrogens is 2. The number of hydrogen-bond acceptors (Lipinski definition) is 2. The second kappa shape index (κ2) is 5.70. The molecule has 0 spiro atoms. The summed E-state index contributed by atoms with van der Waals surface area (Å²) < 4.78 is 1.37. The first kappa shape index (κ1) is 17.0. The van der Waals surface area contributed by atoms with E-state index in [1.54, 1.807) is 0 Å². The van der Waals surface area contributed by atoms with Crippen LogP contribution in [0.1, 0.15) is 32.0 Å². The number of halogens is 3. The standard InChI is InChI=1S/C15H17Br3N2O/c1-9-13(21)12(19-20(9)14(2,3)4)10-6-5-7-11(8-10)15(16,17)18/h5-8,21H,1-4H3. The summed E-state index contributed by atoms with van der Waals surface area (Å²) in [5, 5.41) is 15.0. The lowest BCUT2D eigenvalue weighted by atomic mass is 10.1. The molecule has 0 unspecified atom stereocenters. The lowest BCUT2D eigenvalue weighted by molar-refractivity contribution is 0.345. The van der Waals surface area contributed by atoms with Crippen LogP contribution >= 0.6 is 47.8 Å². The Kier molecular flexibility index (Phi) is 4.63. The van der Waals surface area contributed by atoms with Crippen LogP contribution in [0.4, 0.5) is 0 Å². The highest BCUT2D eigenvalue weighted by Gasteiger charge is 2.25. The van der Waals surface area contributed by atoms with Crippen molar-refractivity contribution in [2.45, 2.75) is 35.4 Å². The molecule has 2 rings (SSSR count). The molecule has 114 valence electrons. The lowest BCUT2D eigenvalue weighted by Gasteiger charge is -2.20. The van der Waals surface area contributed by atoms with Crippen LogP contribution in [0.5, 0.6) is 5.75 Å². The first-order valence-electron chi connectivity index (χ1n) is 6.48. The third-order valence-corrected chi connectivity index (χ3v) is 4.56. The maximum absolute atomic E-state index is 10.4. The maximum Gasteiger partial charge on any atom is 0.164 e. The fraction of sp³-hybridized carbons (Fsp3) is 0.400. The van der Waals surface area contributed by atoms with Crippen LogP contribution in [0.2, 0.25) is 0 Å². The minimum absolute atomic E-state index is 0.179. The second-order valence-corrected chi connectivity index (χ2v) is 12.7. The molecule has 0 bridgehead atoms. The van der Waals surface area contributed by atoms with E-state index in [9.17, 15) is 5.11 Å². The molecule has 2 aromatic rings. The van der Waals surface area contributed by atoms with E-state index in [2.05, 4.69) is 73.7 Å². The highest BCUT2D eigenvalue weighted by atomic mass is 80.0. The molecule has 3 nitrogen and oxygen atoms in total. The highest BCUT2D eigenvalue weighted by molar-refractivity contribution is 9.38. The molecule has 1 N–H and O–H groups in total. The molecule has 6 heteroatoms. The van der Waals surface area contributed by atoms with E-state index in [0.717, 1.165) is 16.8 Å². The minimum Gasteiger partial charge on any atom is -0.504 e. The van der Waals surface area contributed by atoms with Crippen molar-refractivity contribution in [3.05, 3.63) is 35.5 Å². The molecule has 0 aliphatic rings. The number of aromatic hydroxyl groups is 1. The van der Waals surface area contributed by atoms with E-state index < -0.39 is 2.14 Å². The Morgan fingerprint density at radius 3 is 2.24 bits per heavy atom.